The molecule has 0 saturated carbocycles. The van der Waals surface area contributed by atoms with Gasteiger partial charge in [-0.2, -0.15) is 0 Å². The van der Waals surface area contributed by atoms with Crippen LogP contribution >= 0.6 is 0 Å². The fraction of sp³-hybridized carbons (Fsp3) is 0.0833. The van der Waals surface area contributed by atoms with E-state index in [1.54, 1.807) is 0 Å². The first-order valence-electron chi connectivity index (χ1n) is 5.71. The molecule has 0 bridgehead atoms. The topological polar surface area (TPSA) is 118 Å². The Labute approximate surface area is 120 Å². The van der Waals surface area contributed by atoms with Crippen LogP contribution in [0, 0.1) is 0 Å². The summed E-state index contributed by atoms with van der Waals surface area (Å²) in [6.07, 6.45) is 4.06. The first-order valence-corrected chi connectivity index (χ1v) is 7.19. The Balaban J connectivity index is 2.12. The maximum atomic E-state index is 12.1. The Morgan fingerprint density at radius 2 is 1.95 bits per heavy atom. The number of carboxylic acid groups (broad SMARTS) is 1. The summed E-state index contributed by atoms with van der Waals surface area (Å²) in [7, 11) is -3.79. The number of hydrogen-bond acceptors (Lipinski definition) is 6. The predicted molar refractivity (Wildman–Crippen MR) is 72.4 cm³/mol. The number of ether oxygens (including phenoxy) is 1. The van der Waals surface area contributed by atoms with E-state index in [0.29, 0.717) is 0 Å². The molecule has 1 aromatic heterocycles. The number of sulfonamides is 1. The van der Waals surface area contributed by atoms with Crippen molar-refractivity contribution in [1.29, 1.82) is 0 Å². The third-order valence-electron chi connectivity index (χ3n) is 2.30. The minimum Gasteiger partial charge on any atom is -0.482 e. The van der Waals surface area contributed by atoms with Crippen molar-refractivity contribution in [2.24, 2.45) is 0 Å². The summed E-state index contributed by atoms with van der Waals surface area (Å²) in [4.78, 5) is 17.9. The highest BCUT2D eigenvalue weighted by atomic mass is 32.2. The zero-order valence-corrected chi connectivity index (χ0v) is 11.4. The van der Waals surface area contributed by atoms with E-state index in [4.69, 9.17) is 9.84 Å². The molecule has 2 N–H and O–H groups in total. The summed E-state index contributed by atoms with van der Waals surface area (Å²) in [5.41, 5.74) is 0. The van der Waals surface area contributed by atoms with Crippen molar-refractivity contribution in [1.82, 2.24) is 9.97 Å². The number of aliphatic carboxylic acids is 1. The average Bonchev–Trinajstić information content (AvgIpc) is 2.46. The second-order valence-corrected chi connectivity index (χ2v) is 5.53. The first-order chi connectivity index (χ1) is 9.97. The number of nitrogens with one attached hydrogen (secondary N) is 1. The summed E-state index contributed by atoms with van der Waals surface area (Å²) in [6, 6.07) is 5.34. The van der Waals surface area contributed by atoms with Crippen molar-refractivity contribution >= 4 is 21.8 Å². The van der Waals surface area contributed by atoms with Crippen molar-refractivity contribution < 1.29 is 23.1 Å². The molecule has 0 fully saturated rings. The van der Waals surface area contributed by atoms with E-state index in [9.17, 15) is 13.2 Å². The molecule has 0 unspecified atom stereocenters. The van der Waals surface area contributed by atoms with Gasteiger partial charge in [0, 0.05) is 12.4 Å². The second-order valence-electron chi connectivity index (χ2n) is 3.85. The van der Waals surface area contributed by atoms with Gasteiger partial charge in [-0.05, 0) is 24.3 Å². The van der Waals surface area contributed by atoms with Crippen LogP contribution in [0.4, 0.5) is 5.82 Å². The standard InChI is InChI=1S/C12H11N3O5S/c16-12(17)8-20-9-1-3-10(4-2-9)21(18,19)15-11-7-13-5-6-14-11/h1-7H,8H2,(H,14,15)(H,16,17). The van der Waals surface area contributed by atoms with E-state index in [1.807, 2.05) is 0 Å². The zero-order chi connectivity index (χ0) is 15.3. The predicted octanol–water partition coefficient (Wildman–Crippen LogP) is 0.741. The van der Waals surface area contributed by atoms with Gasteiger partial charge in [0.25, 0.3) is 10.0 Å². The molecule has 0 radical (unpaired) electrons. The normalized spacial score (nSPS) is 10.9. The van der Waals surface area contributed by atoms with E-state index in [2.05, 4.69) is 14.7 Å². The third kappa shape index (κ3) is 4.14. The highest BCUT2D eigenvalue weighted by Gasteiger charge is 2.15. The largest absolute Gasteiger partial charge is 0.482 e. The molecule has 0 atom stereocenters. The van der Waals surface area contributed by atoms with Crippen molar-refractivity contribution in [3.05, 3.63) is 42.9 Å². The van der Waals surface area contributed by atoms with Gasteiger partial charge in [-0.3, -0.25) is 9.71 Å². The molecule has 2 rings (SSSR count). The Kier molecular flexibility index (Phi) is 4.33. The van der Waals surface area contributed by atoms with E-state index < -0.39 is 22.6 Å². The molecule has 8 nitrogen and oxygen atoms in total. The van der Waals surface area contributed by atoms with E-state index in [1.165, 1.54) is 42.9 Å². The van der Waals surface area contributed by atoms with Gasteiger partial charge >= 0.3 is 5.97 Å². The lowest BCUT2D eigenvalue weighted by atomic mass is 10.3. The van der Waals surface area contributed by atoms with Gasteiger partial charge < -0.3 is 9.84 Å². The Morgan fingerprint density at radius 1 is 1.24 bits per heavy atom. The van der Waals surface area contributed by atoms with Crippen LogP contribution in [0.3, 0.4) is 0 Å². The molecule has 1 heterocycles. The van der Waals surface area contributed by atoms with E-state index in [-0.39, 0.29) is 16.5 Å². The van der Waals surface area contributed by atoms with Gasteiger partial charge in [0.1, 0.15) is 5.75 Å². The Hall–Kier alpha value is -2.68. The van der Waals surface area contributed by atoms with Crippen molar-refractivity contribution in [3.8, 4) is 5.75 Å². The quantitative estimate of drug-likeness (QED) is 0.807. The lowest BCUT2D eigenvalue weighted by molar-refractivity contribution is -0.139. The van der Waals surface area contributed by atoms with Crippen LogP contribution < -0.4 is 9.46 Å². The van der Waals surface area contributed by atoms with Gasteiger partial charge in [-0.1, -0.05) is 0 Å². The maximum Gasteiger partial charge on any atom is 0.341 e. The summed E-state index contributed by atoms with van der Waals surface area (Å²) >= 11 is 0. The highest BCUT2D eigenvalue weighted by molar-refractivity contribution is 7.92. The average molecular weight is 309 g/mol. The third-order valence-corrected chi connectivity index (χ3v) is 3.67. The number of anilines is 1. The number of carboxylic acids is 1. The van der Waals surface area contributed by atoms with Gasteiger partial charge in [-0.25, -0.2) is 18.2 Å². The van der Waals surface area contributed by atoms with Crippen LogP contribution in [0.2, 0.25) is 0 Å². The summed E-state index contributed by atoms with van der Waals surface area (Å²) in [5, 5.41) is 8.48. The molecule has 0 spiro atoms. The molecule has 0 aliphatic heterocycles. The van der Waals surface area contributed by atoms with Crippen LogP contribution in [-0.4, -0.2) is 36.1 Å². The lowest BCUT2D eigenvalue weighted by Gasteiger charge is -2.08. The number of rotatable bonds is 6. The number of hydrogen-bond donors (Lipinski definition) is 2. The molecule has 9 heteroatoms. The maximum absolute atomic E-state index is 12.1. The molecule has 0 aliphatic carbocycles. The SMILES string of the molecule is O=C(O)COc1ccc(S(=O)(=O)Nc2cnccn2)cc1. The van der Waals surface area contributed by atoms with E-state index >= 15 is 0 Å². The van der Waals surface area contributed by atoms with Crippen LogP contribution in [0.25, 0.3) is 0 Å². The van der Waals surface area contributed by atoms with Gasteiger partial charge in [0.2, 0.25) is 0 Å². The minimum atomic E-state index is -3.79. The van der Waals surface area contributed by atoms with Crippen LogP contribution in [-0.2, 0) is 14.8 Å². The fourth-order valence-corrected chi connectivity index (χ4v) is 2.40. The van der Waals surface area contributed by atoms with E-state index in [0.717, 1.165) is 0 Å². The molecular formula is C12H11N3O5S. The minimum absolute atomic E-state index is 0.00386. The molecule has 1 aromatic carbocycles. The number of nitrogens with zero attached hydrogens (tertiary/aromatic N) is 2. The van der Waals surface area contributed by atoms with Crippen molar-refractivity contribution in [2.75, 3.05) is 11.3 Å². The summed E-state index contributed by atoms with van der Waals surface area (Å²) < 4.78 is 31.3. The molecule has 21 heavy (non-hydrogen) atoms. The van der Waals surface area contributed by atoms with Crippen LogP contribution in [0.5, 0.6) is 5.75 Å². The molecule has 0 aliphatic rings. The van der Waals surface area contributed by atoms with Gasteiger partial charge in [0.15, 0.2) is 12.4 Å². The summed E-state index contributed by atoms with van der Waals surface area (Å²) in [5.74, 6) is -0.754. The first kappa shape index (κ1) is 14.7. The van der Waals surface area contributed by atoms with Gasteiger partial charge in [0.05, 0.1) is 11.1 Å². The monoisotopic (exact) mass is 309 g/mol. The molecule has 0 saturated heterocycles. The molecule has 2 aromatic rings. The smallest absolute Gasteiger partial charge is 0.341 e. The van der Waals surface area contributed by atoms with Crippen LogP contribution in [0.15, 0.2) is 47.8 Å². The highest BCUT2D eigenvalue weighted by Crippen LogP contribution is 2.18. The number of aromatic nitrogens is 2. The lowest BCUT2D eigenvalue weighted by Crippen LogP contribution is -2.14. The number of carbonyl (C=O) groups is 1. The van der Waals surface area contributed by atoms with Gasteiger partial charge in [-0.15, -0.1) is 0 Å². The second kappa shape index (κ2) is 6.18. The summed E-state index contributed by atoms with van der Waals surface area (Å²) in [6.45, 7) is -0.496. The molecule has 110 valence electrons. The Bertz CT molecular complexity index is 716. The molecular weight excluding hydrogens is 298 g/mol. The van der Waals surface area contributed by atoms with Crippen LogP contribution in [0.1, 0.15) is 0 Å². The molecule has 0 amide bonds. The van der Waals surface area contributed by atoms with Crippen molar-refractivity contribution in [3.63, 3.8) is 0 Å². The fourth-order valence-electron chi connectivity index (χ4n) is 1.41. The zero-order valence-electron chi connectivity index (χ0n) is 10.6. The Morgan fingerprint density at radius 3 is 2.52 bits per heavy atom. The van der Waals surface area contributed by atoms with Crippen molar-refractivity contribution in [2.45, 2.75) is 4.90 Å². The number of benzene rings is 1.